The van der Waals surface area contributed by atoms with Crippen molar-refractivity contribution in [2.24, 2.45) is 0 Å². The molecule has 3 aromatic carbocycles. The van der Waals surface area contributed by atoms with Crippen LogP contribution in [0.2, 0.25) is 10.0 Å². The number of halogens is 2. The summed E-state index contributed by atoms with van der Waals surface area (Å²) in [5.74, 6) is -0.640. The van der Waals surface area contributed by atoms with Gasteiger partial charge in [-0.2, -0.15) is 4.31 Å². The number of nitrogens with one attached hydrogen (secondary N) is 2. The molecule has 0 unspecified atom stereocenters. The highest BCUT2D eigenvalue weighted by atomic mass is 35.5. The van der Waals surface area contributed by atoms with Crippen LogP contribution < -0.4 is 14.9 Å². The minimum Gasteiger partial charge on any atom is -0.378 e. The molecule has 1 fully saturated rings. The first-order valence-corrected chi connectivity index (χ1v) is 16.5. The Bertz CT molecular complexity index is 1640. The maximum atomic E-state index is 13.6. The van der Waals surface area contributed by atoms with E-state index in [1.165, 1.54) is 28.6 Å². The number of amides is 1. The summed E-state index contributed by atoms with van der Waals surface area (Å²) in [5.41, 5.74) is 0.871. The van der Waals surface area contributed by atoms with Gasteiger partial charge in [-0.3, -0.25) is 9.52 Å². The predicted molar refractivity (Wildman–Crippen MR) is 161 cm³/mol. The fraction of sp³-hybridized carbons (Fsp3) is 0.296. The van der Waals surface area contributed by atoms with Gasteiger partial charge in [0.2, 0.25) is 10.0 Å². The fourth-order valence-electron chi connectivity index (χ4n) is 4.36. The van der Waals surface area contributed by atoms with Gasteiger partial charge in [-0.15, -0.1) is 0 Å². The number of benzene rings is 3. The summed E-state index contributed by atoms with van der Waals surface area (Å²) in [7, 11) is -8.09. The number of sulfonamides is 2. The number of carbonyl (C=O) groups is 1. The molecule has 3 aromatic rings. The Labute approximate surface area is 250 Å². The zero-order valence-electron chi connectivity index (χ0n) is 22.4. The number of rotatable bonds is 10. The van der Waals surface area contributed by atoms with E-state index in [1.807, 2.05) is 4.90 Å². The number of nitrogens with zero attached hydrogens (tertiary/aromatic N) is 2. The second kappa shape index (κ2) is 13.0. The van der Waals surface area contributed by atoms with E-state index in [-0.39, 0.29) is 49.9 Å². The van der Waals surface area contributed by atoms with E-state index in [4.69, 9.17) is 27.9 Å². The standard InChI is InChI=1S/C27H30Cl2N4O6S2/c1-3-33(4-2)41(37,38)25-17-19(9-11-22(25)29)27(34)30-20-10-12-24(32-13-15-39-16-14-32)26(18-20)40(35,36)31-23-8-6-5-7-21(23)28/h5-12,17-18,31H,3-4,13-16H2,1-2H3,(H,30,34). The van der Waals surface area contributed by atoms with Gasteiger partial charge in [-0.05, 0) is 48.5 Å². The summed E-state index contributed by atoms with van der Waals surface area (Å²) in [5, 5.41) is 2.90. The Morgan fingerprint density at radius 1 is 0.902 bits per heavy atom. The minimum absolute atomic E-state index is 0.0117. The lowest BCUT2D eigenvalue weighted by atomic mass is 10.2. The number of morpholine rings is 1. The van der Waals surface area contributed by atoms with Gasteiger partial charge >= 0.3 is 0 Å². The van der Waals surface area contributed by atoms with Gasteiger partial charge < -0.3 is 15.0 Å². The SMILES string of the molecule is CCN(CC)S(=O)(=O)c1cc(C(=O)Nc2ccc(N3CCOCC3)c(S(=O)(=O)Nc3ccccc3Cl)c2)ccc1Cl. The molecule has 220 valence electrons. The van der Waals surface area contributed by atoms with Crippen LogP contribution in [0.1, 0.15) is 24.2 Å². The van der Waals surface area contributed by atoms with Crippen molar-refractivity contribution in [2.75, 3.05) is 54.3 Å². The van der Waals surface area contributed by atoms with E-state index in [1.54, 1.807) is 50.2 Å². The molecule has 41 heavy (non-hydrogen) atoms. The molecule has 0 aliphatic carbocycles. The molecular formula is C27H30Cl2N4O6S2. The fourth-order valence-corrected chi connectivity index (χ4v) is 7.89. The molecule has 0 atom stereocenters. The van der Waals surface area contributed by atoms with Crippen LogP contribution in [0.5, 0.6) is 0 Å². The lowest BCUT2D eigenvalue weighted by Gasteiger charge is -2.30. The molecule has 0 spiro atoms. The van der Waals surface area contributed by atoms with Crippen LogP contribution in [0.4, 0.5) is 17.1 Å². The second-order valence-corrected chi connectivity index (χ2v) is 13.4. The highest BCUT2D eigenvalue weighted by Crippen LogP contribution is 2.33. The third-order valence-corrected chi connectivity index (χ3v) is 10.7. The molecule has 1 saturated heterocycles. The molecule has 10 nitrogen and oxygen atoms in total. The van der Waals surface area contributed by atoms with Gasteiger partial charge in [0.1, 0.15) is 9.79 Å². The van der Waals surface area contributed by atoms with Crippen LogP contribution in [-0.2, 0) is 24.8 Å². The van der Waals surface area contributed by atoms with Crippen molar-refractivity contribution in [1.82, 2.24) is 4.31 Å². The van der Waals surface area contributed by atoms with Crippen LogP contribution in [0.25, 0.3) is 0 Å². The van der Waals surface area contributed by atoms with Crippen LogP contribution >= 0.6 is 23.2 Å². The molecule has 4 rings (SSSR count). The summed E-state index contributed by atoms with van der Waals surface area (Å²) in [6, 6.07) is 15.0. The van der Waals surface area contributed by atoms with Crippen molar-refractivity contribution in [2.45, 2.75) is 23.6 Å². The van der Waals surface area contributed by atoms with E-state index in [2.05, 4.69) is 10.0 Å². The molecule has 0 bridgehead atoms. The molecule has 2 N–H and O–H groups in total. The Kier molecular flexibility index (Phi) is 9.83. The largest absolute Gasteiger partial charge is 0.378 e. The van der Waals surface area contributed by atoms with E-state index >= 15 is 0 Å². The molecule has 1 aliphatic heterocycles. The van der Waals surface area contributed by atoms with Crippen LogP contribution in [0, 0.1) is 0 Å². The first kappa shape index (κ1) is 31.1. The third kappa shape index (κ3) is 6.96. The lowest BCUT2D eigenvalue weighted by molar-refractivity contribution is 0.102. The van der Waals surface area contributed by atoms with Crippen molar-refractivity contribution in [3.8, 4) is 0 Å². The van der Waals surface area contributed by atoms with E-state index in [9.17, 15) is 21.6 Å². The minimum atomic E-state index is -4.16. The zero-order valence-corrected chi connectivity index (χ0v) is 25.6. The first-order chi connectivity index (χ1) is 19.5. The number of para-hydroxylation sites is 1. The number of carbonyl (C=O) groups excluding carboxylic acids is 1. The maximum absolute atomic E-state index is 13.6. The lowest BCUT2D eigenvalue weighted by Crippen LogP contribution is -2.37. The molecule has 14 heteroatoms. The number of hydrogen-bond donors (Lipinski definition) is 2. The van der Waals surface area contributed by atoms with Gasteiger partial charge in [-0.25, -0.2) is 16.8 Å². The summed E-state index contributed by atoms with van der Waals surface area (Å²) in [4.78, 5) is 14.9. The summed E-state index contributed by atoms with van der Waals surface area (Å²) < 4.78 is 62.6. The Morgan fingerprint density at radius 3 is 2.24 bits per heavy atom. The van der Waals surface area contributed by atoms with Crippen LogP contribution in [0.3, 0.4) is 0 Å². The monoisotopic (exact) mass is 640 g/mol. The number of hydrogen-bond acceptors (Lipinski definition) is 7. The predicted octanol–water partition coefficient (Wildman–Crippen LogP) is 4.91. The van der Waals surface area contributed by atoms with E-state index in [0.717, 1.165) is 0 Å². The molecular weight excluding hydrogens is 611 g/mol. The van der Waals surface area contributed by atoms with Crippen LogP contribution in [-0.4, -0.2) is 66.4 Å². The van der Waals surface area contributed by atoms with E-state index < -0.39 is 26.0 Å². The smallest absolute Gasteiger partial charge is 0.264 e. The summed E-state index contributed by atoms with van der Waals surface area (Å²) in [6.45, 7) is 5.72. The van der Waals surface area contributed by atoms with E-state index in [0.29, 0.717) is 32.0 Å². The topological polar surface area (TPSA) is 125 Å². The Balaban J connectivity index is 1.69. The molecule has 1 amide bonds. The van der Waals surface area contributed by atoms with Crippen molar-refractivity contribution >= 4 is 66.2 Å². The zero-order chi connectivity index (χ0) is 29.8. The molecule has 0 aromatic heterocycles. The Morgan fingerprint density at radius 2 is 1.59 bits per heavy atom. The number of anilines is 3. The van der Waals surface area contributed by atoms with Crippen molar-refractivity contribution in [3.63, 3.8) is 0 Å². The molecule has 0 saturated carbocycles. The third-order valence-electron chi connectivity index (χ3n) is 6.49. The summed E-state index contributed by atoms with van der Waals surface area (Å²) >= 11 is 12.4. The molecule has 1 aliphatic rings. The quantitative estimate of drug-likeness (QED) is 0.322. The van der Waals surface area contributed by atoms with Crippen molar-refractivity contribution in [3.05, 3.63) is 76.3 Å². The Hall–Kier alpha value is -2.87. The van der Waals surface area contributed by atoms with Gasteiger partial charge in [0.05, 0.1) is 34.6 Å². The average Bonchev–Trinajstić information content (AvgIpc) is 2.95. The second-order valence-electron chi connectivity index (χ2n) is 9.06. The van der Waals surface area contributed by atoms with Crippen LogP contribution in [0.15, 0.2) is 70.5 Å². The van der Waals surface area contributed by atoms with Gasteiger partial charge in [0.15, 0.2) is 0 Å². The normalized spacial score (nSPS) is 14.2. The van der Waals surface area contributed by atoms with Crippen molar-refractivity contribution < 1.29 is 26.4 Å². The number of ether oxygens (including phenoxy) is 1. The molecule has 1 heterocycles. The van der Waals surface area contributed by atoms with Gasteiger partial charge in [0, 0.05) is 37.4 Å². The average molecular weight is 642 g/mol. The van der Waals surface area contributed by atoms with Gasteiger partial charge in [-0.1, -0.05) is 49.2 Å². The first-order valence-electron chi connectivity index (χ1n) is 12.8. The highest BCUT2D eigenvalue weighted by molar-refractivity contribution is 7.93. The van der Waals surface area contributed by atoms with Crippen molar-refractivity contribution in [1.29, 1.82) is 0 Å². The molecule has 0 radical (unpaired) electrons. The summed E-state index contributed by atoms with van der Waals surface area (Å²) in [6.07, 6.45) is 0. The maximum Gasteiger partial charge on any atom is 0.264 e. The van der Waals surface area contributed by atoms with Gasteiger partial charge in [0.25, 0.3) is 15.9 Å². The highest BCUT2D eigenvalue weighted by Gasteiger charge is 2.27.